The summed E-state index contributed by atoms with van der Waals surface area (Å²) in [6.07, 6.45) is 1.40. The number of amides is 1. The van der Waals surface area contributed by atoms with Crippen LogP contribution in [0.1, 0.15) is 38.8 Å². The number of hydrogen-bond donors (Lipinski definition) is 1. The van der Waals surface area contributed by atoms with Gasteiger partial charge in [-0.1, -0.05) is 40.9 Å². The van der Waals surface area contributed by atoms with Gasteiger partial charge in [-0.15, -0.1) is 0 Å². The predicted molar refractivity (Wildman–Crippen MR) is 172 cm³/mol. The zero-order valence-corrected chi connectivity index (χ0v) is 26.3. The minimum Gasteiger partial charge on any atom is -0.493 e. The molecule has 0 bridgehead atoms. The van der Waals surface area contributed by atoms with Gasteiger partial charge in [0, 0.05) is 49.3 Å². The van der Waals surface area contributed by atoms with E-state index < -0.39 is 5.91 Å². The Hall–Kier alpha value is -4.37. The normalized spacial score (nSPS) is 11.1. The minimum absolute atomic E-state index is 0.0761. The van der Waals surface area contributed by atoms with Gasteiger partial charge in [0.1, 0.15) is 24.7 Å². The van der Waals surface area contributed by atoms with Crippen molar-refractivity contribution in [3.63, 3.8) is 0 Å². The van der Waals surface area contributed by atoms with Gasteiger partial charge in [0.05, 0.1) is 13.3 Å². The molecule has 0 spiro atoms. The number of carbonyl (C=O) groups excluding carboxylic acids is 1. The van der Waals surface area contributed by atoms with Gasteiger partial charge in [-0.25, -0.2) is 5.43 Å². The van der Waals surface area contributed by atoms with Crippen LogP contribution in [0.3, 0.4) is 0 Å². The number of aryl methyl sites for hydroxylation is 2. The zero-order valence-electron chi connectivity index (χ0n) is 24.1. The van der Waals surface area contributed by atoms with Crippen molar-refractivity contribution >= 4 is 46.9 Å². The molecule has 0 radical (unpaired) electrons. The molecule has 0 atom stereocenters. The Bertz CT molecular complexity index is 1790. The van der Waals surface area contributed by atoms with Gasteiger partial charge in [0.2, 0.25) is 0 Å². The summed E-state index contributed by atoms with van der Waals surface area (Å²) in [7, 11) is 1.50. The summed E-state index contributed by atoms with van der Waals surface area (Å²) < 4.78 is 25.2. The first kappa shape index (κ1) is 31.1. The first-order valence-corrected chi connectivity index (χ1v) is 14.6. The second-order valence-electron chi connectivity index (χ2n) is 9.75. The largest absolute Gasteiger partial charge is 0.493 e. The monoisotopic (exact) mass is 651 g/mol. The molecule has 3 aromatic carbocycles. The smallest absolute Gasteiger partial charge is 0.307 e. The Morgan fingerprint density at radius 2 is 1.64 bits per heavy atom. The summed E-state index contributed by atoms with van der Waals surface area (Å²) in [4.78, 5) is 12.7. The van der Waals surface area contributed by atoms with Crippen LogP contribution in [0.15, 0.2) is 88.4 Å². The Kier molecular flexibility index (Phi) is 9.85. The summed E-state index contributed by atoms with van der Waals surface area (Å²) in [6.45, 7) is 4.41. The first-order valence-electron chi connectivity index (χ1n) is 13.5. The van der Waals surface area contributed by atoms with Crippen molar-refractivity contribution in [1.29, 1.82) is 0 Å². The highest BCUT2D eigenvalue weighted by Crippen LogP contribution is 2.35. The Morgan fingerprint density at radius 3 is 2.34 bits per heavy atom. The van der Waals surface area contributed by atoms with Gasteiger partial charge in [-0.05, 0) is 80.6 Å². The topological polar surface area (TPSA) is 87.2 Å². The molecule has 1 N–H and O–H groups in total. The predicted octanol–water partition coefficient (Wildman–Crippen LogP) is 8.58. The zero-order chi connectivity index (χ0) is 31.2. The second kappa shape index (κ2) is 13.9. The summed E-state index contributed by atoms with van der Waals surface area (Å²) in [5, 5.41) is 5.45. The van der Waals surface area contributed by atoms with Gasteiger partial charge >= 0.3 is 5.91 Å². The number of aromatic nitrogens is 1. The molecule has 226 valence electrons. The number of carbonyl (C=O) groups is 1. The molecule has 0 fully saturated rings. The lowest BCUT2D eigenvalue weighted by Gasteiger charge is -2.14. The van der Waals surface area contributed by atoms with Crippen LogP contribution in [-0.4, -0.2) is 23.8 Å². The number of hydrogen-bond acceptors (Lipinski definition) is 6. The molecule has 0 aliphatic heterocycles. The number of nitrogens with one attached hydrogen (secondary N) is 1. The Balaban J connectivity index is 1.20. The van der Waals surface area contributed by atoms with Crippen LogP contribution in [0.5, 0.6) is 17.2 Å². The lowest BCUT2D eigenvalue weighted by Crippen LogP contribution is -2.17. The fourth-order valence-electron chi connectivity index (χ4n) is 4.49. The number of rotatable bonds is 11. The first-order chi connectivity index (χ1) is 21.2. The Morgan fingerprint density at radius 1 is 0.886 bits per heavy atom. The van der Waals surface area contributed by atoms with E-state index in [1.807, 2.05) is 24.3 Å². The van der Waals surface area contributed by atoms with Crippen molar-refractivity contribution in [2.75, 3.05) is 7.11 Å². The molecule has 2 aromatic heterocycles. The average molecular weight is 653 g/mol. The van der Waals surface area contributed by atoms with E-state index in [9.17, 15) is 4.79 Å². The highest BCUT2D eigenvalue weighted by molar-refractivity contribution is 6.35. The molecule has 11 heteroatoms. The number of furan rings is 1. The van der Waals surface area contributed by atoms with E-state index in [0.717, 1.165) is 22.6 Å². The summed E-state index contributed by atoms with van der Waals surface area (Å²) in [5.41, 5.74) is 7.01. The van der Waals surface area contributed by atoms with Crippen molar-refractivity contribution in [3.05, 3.63) is 128 Å². The molecule has 0 aliphatic rings. The molecule has 8 nitrogen and oxygen atoms in total. The Labute approximate surface area is 269 Å². The van der Waals surface area contributed by atoms with Gasteiger partial charge in [-0.2, -0.15) is 5.10 Å². The molecular weight excluding hydrogens is 625 g/mol. The molecule has 1 amide bonds. The van der Waals surface area contributed by atoms with Crippen LogP contribution in [0.25, 0.3) is 5.69 Å². The van der Waals surface area contributed by atoms with Crippen molar-refractivity contribution in [3.8, 4) is 22.9 Å². The fraction of sp³-hybridized carbons (Fsp3) is 0.152. The summed E-state index contributed by atoms with van der Waals surface area (Å²) in [5.74, 6) is 1.44. The molecular formula is C33H28Cl3N3O5. The molecule has 5 rings (SSSR count). The highest BCUT2D eigenvalue weighted by Gasteiger charge is 2.15. The standard InChI is InChI=1S/C33H28Cl3N3O5/c1-20-4-5-21(2)39(20)26-8-10-27(11-9-26)42-19-28-12-13-30(44-28)33(40)38-37-17-23-14-25(35)16-31(41-3)32(23)43-18-22-6-7-24(34)15-29(22)36/h4-17H,18-19H2,1-3H3,(H,38,40). The van der Waals surface area contributed by atoms with Gasteiger partial charge < -0.3 is 23.2 Å². The molecule has 0 unspecified atom stereocenters. The minimum atomic E-state index is -0.543. The van der Waals surface area contributed by atoms with E-state index in [-0.39, 0.29) is 19.0 Å². The maximum Gasteiger partial charge on any atom is 0.307 e. The average Bonchev–Trinajstić information content (AvgIpc) is 3.62. The third-order valence-electron chi connectivity index (χ3n) is 6.66. The van der Waals surface area contributed by atoms with Gasteiger partial charge in [0.15, 0.2) is 17.3 Å². The molecule has 0 aliphatic carbocycles. The maximum absolute atomic E-state index is 12.7. The van der Waals surface area contributed by atoms with E-state index in [4.69, 9.17) is 53.4 Å². The van der Waals surface area contributed by atoms with E-state index in [1.54, 1.807) is 42.5 Å². The SMILES string of the molecule is COc1cc(Cl)cc(C=NNC(=O)c2ccc(COc3ccc(-n4c(C)ccc4C)cc3)o2)c1OCc1ccc(Cl)cc1Cl. The van der Waals surface area contributed by atoms with E-state index in [1.165, 1.54) is 13.3 Å². The van der Waals surface area contributed by atoms with Gasteiger partial charge in [0.25, 0.3) is 0 Å². The highest BCUT2D eigenvalue weighted by atomic mass is 35.5. The quantitative estimate of drug-likeness (QED) is 0.114. The third kappa shape index (κ3) is 7.39. The maximum atomic E-state index is 12.7. The third-order valence-corrected chi connectivity index (χ3v) is 7.46. The number of ether oxygens (including phenoxy) is 3. The van der Waals surface area contributed by atoms with E-state index in [0.29, 0.717) is 43.6 Å². The number of nitrogens with zero attached hydrogens (tertiary/aromatic N) is 2. The molecule has 2 heterocycles. The molecule has 0 saturated carbocycles. The summed E-state index contributed by atoms with van der Waals surface area (Å²) in [6, 6.07) is 23.5. The van der Waals surface area contributed by atoms with Crippen LogP contribution in [0.4, 0.5) is 0 Å². The van der Waals surface area contributed by atoms with Crippen LogP contribution in [0, 0.1) is 13.8 Å². The fourth-order valence-corrected chi connectivity index (χ4v) is 5.17. The number of hydrazone groups is 1. The van der Waals surface area contributed by atoms with E-state index >= 15 is 0 Å². The van der Waals surface area contributed by atoms with E-state index in [2.05, 4.69) is 41.1 Å². The number of benzene rings is 3. The van der Waals surface area contributed by atoms with Crippen LogP contribution in [0.2, 0.25) is 15.1 Å². The lowest BCUT2D eigenvalue weighted by molar-refractivity contribution is 0.0923. The van der Waals surface area contributed by atoms with Crippen molar-refractivity contribution in [2.24, 2.45) is 5.10 Å². The molecule has 0 saturated heterocycles. The van der Waals surface area contributed by atoms with Crippen molar-refractivity contribution < 1.29 is 23.4 Å². The van der Waals surface area contributed by atoms with Crippen LogP contribution in [-0.2, 0) is 13.2 Å². The van der Waals surface area contributed by atoms with Gasteiger partial charge in [-0.3, -0.25) is 4.79 Å². The molecule has 44 heavy (non-hydrogen) atoms. The van der Waals surface area contributed by atoms with Crippen molar-refractivity contribution in [2.45, 2.75) is 27.1 Å². The lowest BCUT2D eigenvalue weighted by atomic mass is 10.2. The molecule has 5 aromatic rings. The summed E-state index contributed by atoms with van der Waals surface area (Å²) >= 11 is 18.6. The number of halogens is 3. The second-order valence-corrected chi connectivity index (χ2v) is 11.0. The van der Waals surface area contributed by atoms with Crippen molar-refractivity contribution in [1.82, 2.24) is 9.99 Å². The van der Waals surface area contributed by atoms with Crippen LogP contribution < -0.4 is 19.6 Å². The number of methoxy groups -OCH3 is 1. The van der Waals surface area contributed by atoms with Crippen LogP contribution >= 0.6 is 34.8 Å².